The van der Waals surface area contributed by atoms with Crippen LogP contribution >= 0.6 is 0 Å². The number of hydrogen-bond acceptors (Lipinski definition) is 12. The standard InChI is InChI=1S/C52H63F2N11O10/c1-31(59-26-33-15-18-56-19-16-33)48(72)60-32(2)49(73)62-40(25-42(55)67)51(75)61-39(50(74)58-21-20-57-43(68)29-65-44(69)13-14-45(65)70)17-22-64(46(71)30-66)47(52(3,4)5)41-23-35(37-24-36(53)11-12-38(37)54)28-63(41)27-34-9-7-6-8-10-34/h6-16,18-19,23-24,28,31-32,39-40,47,59,66H,17,20-22,25-27,29-30H2,1-5H3,(H2,55,67)(H,57,68)(H,58,74)(H,60,72)(H,61,75)(H,62,73)/t31-,32+,39-,40-,47-/m0/s1. The van der Waals surface area contributed by atoms with Gasteiger partial charge in [-0.3, -0.25) is 53.0 Å². The van der Waals surface area contributed by atoms with E-state index >= 15 is 4.39 Å². The Bertz CT molecular complexity index is 2730. The van der Waals surface area contributed by atoms with Crippen molar-refractivity contribution in [3.63, 3.8) is 0 Å². The minimum atomic E-state index is -1.70. The van der Waals surface area contributed by atoms with Gasteiger partial charge in [0.15, 0.2) is 0 Å². The van der Waals surface area contributed by atoms with Crippen LogP contribution in [0.2, 0.25) is 0 Å². The number of pyridine rings is 1. The fourth-order valence-corrected chi connectivity index (χ4v) is 8.18. The van der Waals surface area contributed by atoms with Crippen LogP contribution in [0.3, 0.4) is 0 Å². The second-order valence-electron chi connectivity index (χ2n) is 18.9. The number of aliphatic hydroxyl groups is 1. The molecule has 0 aliphatic carbocycles. The van der Waals surface area contributed by atoms with Gasteiger partial charge in [0.2, 0.25) is 41.4 Å². The maximum Gasteiger partial charge on any atom is 0.254 e. The summed E-state index contributed by atoms with van der Waals surface area (Å²) in [5.41, 5.74) is 6.96. The molecule has 9 amide bonds. The second-order valence-corrected chi connectivity index (χ2v) is 18.9. The van der Waals surface area contributed by atoms with Crippen molar-refractivity contribution in [2.75, 3.05) is 32.8 Å². The fourth-order valence-electron chi connectivity index (χ4n) is 8.18. The summed E-state index contributed by atoms with van der Waals surface area (Å²) in [5.74, 6) is -8.71. The molecule has 0 unspecified atom stereocenters. The first-order valence-electron chi connectivity index (χ1n) is 24.1. The van der Waals surface area contributed by atoms with Crippen molar-refractivity contribution in [2.45, 2.75) is 90.8 Å². The molecule has 0 fully saturated rings. The first-order valence-corrected chi connectivity index (χ1v) is 24.1. The summed E-state index contributed by atoms with van der Waals surface area (Å²) in [7, 11) is 0. The van der Waals surface area contributed by atoms with E-state index in [0.29, 0.717) is 17.1 Å². The molecule has 9 N–H and O–H groups in total. The quantitative estimate of drug-likeness (QED) is 0.0321. The molecule has 0 spiro atoms. The average molecular weight is 1040 g/mol. The number of hydrogen-bond donors (Lipinski definition) is 8. The summed E-state index contributed by atoms with van der Waals surface area (Å²) in [5, 5.41) is 26.1. The van der Waals surface area contributed by atoms with Crippen LogP contribution in [-0.2, 0) is 56.2 Å². The highest BCUT2D eigenvalue weighted by atomic mass is 19.1. The number of rotatable bonds is 26. The molecule has 21 nitrogen and oxygen atoms in total. The molecule has 400 valence electrons. The Kier molecular flexibility index (Phi) is 20.5. The molecule has 23 heteroatoms. The van der Waals surface area contributed by atoms with Crippen molar-refractivity contribution in [3.05, 3.63) is 126 Å². The van der Waals surface area contributed by atoms with E-state index in [4.69, 9.17) is 5.73 Å². The van der Waals surface area contributed by atoms with Crippen molar-refractivity contribution >= 4 is 53.2 Å². The summed E-state index contributed by atoms with van der Waals surface area (Å²) in [6.07, 6.45) is 5.70. The molecule has 0 saturated heterocycles. The first-order chi connectivity index (χ1) is 35.6. The van der Waals surface area contributed by atoms with E-state index in [9.17, 15) is 52.6 Å². The van der Waals surface area contributed by atoms with Crippen molar-refractivity contribution in [3.8, 4) is 11.1 Å². The summed E-state index contributed by atoms with van der Waals surface area (Å²) >= 11 is 0. The van der Waals surface area contributed by atoms with Gasteiger partial charge in [0, 0.05) is 80.3 Å². The molecule has 1 aliphatic rings. The van der Waals surface area contributed by atoms with Crippen molar-refractivity contribution in [1.82, 2.24) is 51.3 Å². The minimum absolute atomic E-state index is 0.0562. The monoisotopic (exact) mass is 1040 g/mol. The van der Waals surface area contributed by atoms with Gasteiger partial charge in [0.25, 0.3) is 11.8 Å². The summed E-state index contributed by atoms with van der Waals surface area (Å²) in [4.78, 5) is 124. The molecule has 2 aromatic heterocycles. The molecule has 1 aliphatic heterocycles. The topological polar surface area (TPSA) is 296 Å². The van der Waals surface area contributed by atoms with E-state index < -0.39 is 120 Å². The number of carbonyl (C=O) groups excluding carboxylic acids is 9. The molecule has 0 radical (unpaired) electrons. The molecule has 4 aromatic rings. The highest BCUT2D eigenvalue weighted by Gasteiger charge is 2.39. The lowest BCUT2D eigenvalue weighted by molar-refractivity contribution is -0.141. The first kappa shape index (κ1) is 57.7. The molecule has 75 heavy (non-hydrogen) atoms. The number of aliphatic hydroxyl groups excluding tert-OH is 1. The zero-order chi connectivity index (χ0) is 55.0. The number of primary amides is 1. The normalized spacial score (nSPS) is 14.3. The van der Waals surface area contributed by atoms with E-state index in [-0.39, 0.29) is 43.7 Å². The number of halogens is 2. The Morgan fingerprint density at radius 3 is 2.05 bits per heavy atom. The van der Waals surface area contributed by atoms with Crippen LogP contribution in [0.5, 0.6) is 0 Å². The lowest BCUT2D eigenvalue weighted by Gasteiger charge is -2.41. The van der Waals surface area contributed by atoms with Gasteiger partial charge < -0.3 is 52.2 Å². The van der Waals surface area contributed by atoms with E-state index in [2.05, 4.69) is 36.9 Å². The number of nitrogens with one attached hydrogen (secondary N) is 6. The number of nitrogens with zero attached hydrogens (tertiary/aromatic N) is 4. The Balaban J connectivity index is 1.42. The summed E-state index contributed by atoms with van der Waals surface area (Å²) in [6.45, 7) is 6.44. The van der Waals surface area contributed by atoms with Crippen LogP contribution in [0, 0.1) is 17.0 Å². The SMILES string of the molecule is C[C@H](NCc1ccncc1)C(=O)N[C@H](C)C(=O)N[C@@H](CC(N)=O)C(=O)N[C@@H](CCN(C(=O)CO)[C@@H](c1cc(-c2cc(F)ccc2F)cn1Cc1ccccc1)C(C)(C)C)C(=O)NCCNC(=O)CN1C(=O)C=CC1=O. The lowest BCUT2D eigenvalue weighted by atomic mass is 9.82. The van der Waals surface area contributed by atoms with Crippen molar-refractivity contribution in [2.24, 2.45) is 11.1 Å². The van der Waals surface area contributed by atoms with Crippen LogP contribution in [0.4, 0.5) is 8.78 Å². The van der Waals surface area contributed by atoms with E-state index in [1.54, 1.807) is 48.3 Å². The Hall–Kier alpha value is -8.18. The molecule has 3 heterocycles. The number of nitrogens with two attached hydrogens (primary N) is 1. The lowest BCUT2D eigenvalue weighted by Crippen LogP contribution is -2.58. The molecular weight excluding hydrogens is 977 g/mol. The van der Waals surface area contributed by atoms with E-state index in [0.717, 1.165) is 41.5 Å². The van der Waals surface area contributed by atoms with Crippen LogP contribution in [0.15, 0.2) is 97.5 Å². The second kappa shape index (κ2) is 26.7. The molecule has 5 atom stereocenters. The molecule has 0 bridgehead atoms. The maximum absolute atomic E-state index is 15.4. The number of carbonyl (C=O) groups is 9. The van der Waals surface area contributed by atoms with Crippen LogP contribution in [0.1, 0.15) is 70.3 Å². The van der Waals surface area contributed by atoms with Gasteiger partial charge in [-0.1, -0.05) is 51.1 Å². The van der Waals surface area contributed by atoms with Crippen molar-refractivity contribution < 1.29 is 57.0 Å². The zero-order valence-electron chi connectivity index (χ0n) is 42.2. The highest BCUT2D eigenvalue weighted by molar-refractivity contribution is 6.14. The number of aromatic nitrogens is 2. The van der Waals surface area contributed by atoms with Gasteiger partial charge in [0.05, 0.1) is 18.5 Å². The van der Waals surface area contributed by atoms with Gasteiger partial charge in [-0.05, 0) is 73.2 Å². The fraction of sp³-hybridized carbons (Fsp3) is 0.385. The highest BCUT2D eigenvalue weighted by Crippen LogP contribution is 2.41. The molecular formula is C52H63F2N11O10. The summed E-state index contributed by atoms with van der Waals surface area (Å²) < 4.78 is 31.8. The van der Waals surface area contributed by atoms with Gasteiger partial charge in [-0.25, -0.2) is 8.78 Å². The van der Waals surface area contributed by atoms with E-state index in [1.165, 1.54) is 11.8 Å². The van der Waals surface area contributed by atoms with Gasteiger partial charge in [-0.2, -0.15) is 0 Å². The van der Waals surface area contributed by atoms with Gasteiger partial charge >= 0.3 is 0 Å². The largest absolute Gasteiger partial charge is 0.387 e. The third kappa shape index (κ3) is 16.7. The third-order valence-corrected chi connectivity index (χ3v) is 12.0. The van der Waals surface area contributed by atoms with Crippen LogP contribution in [-0.4, -0.2) is 135 Å². The minimum Gasteiger partial charge on any atom is -0.387 e. The van der Waals surface area contributed by atoms with Crippen LogP contribution < -0.4 is 37.6 Å². The number of benzene rings is 2. The molecule has 2 aromatic carbocycles. The van der Waals surface area contributed by atoms with Gasteiger partial charge in [-0.15, -0.1) is 0 Å². The number of amides is 9. The Morgan fingerprint density at radius 1 is 0.773 bits per heavy atom. The third-order valence-electron chi connectivity index (χ3n) is 12.0. The Morgan fingerprint density at radius 2 is 1.41 bits per heavy atom. The van der Waals surface area contributed by atoms with Crippen molar-refractivity contribution in [1.29, 1.82) is 0 Å². The number of imide groups is 1. The predicted octanol–water partition coefficient (Wildman–Crippen LogP) is 0.860. The summed E-state index contributed by atoms with van der Waals surface area (Å²) in [6, 6.07) is 11.1. The predicted molar refractivity (Wildman–Crippen MR) is 269 cm³/mol. The maximum atomic E-state index is 15.4. The smallest absolute Gasteiger partial charge is 0.254 e. The Labute approximate surface area is 432 Å². The van der Waals surface area contributed by atoms with E-state index in [1.807, 2.05) is 51.1 Å². The van der Waals surface area contributed by atoms with Crippen LogP contribution in [0.25, 0.3) is 11.1 Å². The molecule has 0 saturated carbocycles. The van der Waals surface area contributed by atoms with Gasteiger partial charge in [0.1, 0.15) is 42.9 Å². The average Bonchev–Trinajstić information content (AvgIpc) is 3.92. The zero-order valence-corrected chi connectivity index (χ0v) is 42.2. The molecule has 5 rings (SSSR count).